The average Bonchev–Trinajstić information content (AvgIpc) is 2.73. The standard InChI is InChI=1S/C11H10ClN3OS/c1-7(15-16-2)9-10(12)14-11(17-9)8-4-3-5-13-6-8/h3-6H,1-2H3. The Hall–Kier alpha value is -1.46. The summed E-state index contributed by atoms with van der Waals surface area (Å²) < 4.78 is 0. The van der Waals surface area contributed by atoms with E-state index in [1.807, 2.05) is 19.1 Å². The van der Waals surface area contributed by atoms with Crippen LogP contribution in [0, 0.1) is 0 Å². The number of hydrogen-bond acceptors (Lipinski definition) is 5. The highest BCUT2D eigenvalue weighted by Crippen LogP contribution is 2.30. The minimum atomic E-state index is 0.437. The molecule has 0 amide bonds. The van der Waals surface area contributed by atoms with Crippen molar-refractivity contribution in [2.45, 2.75) is 6.92 Å². The van der Waals surface area contributed by atoms with Crippen molar-refractivity contribution < 1.29 is 4.84 Å². The van der Waals surface area contributed by atoms with E-state index in [9.17, 15) is 0 Å². The average molecular weight is 268 g/mol. The summed E-state index contributed by atoms with van der Waals surface area (Å²) in [5, 5.41) is 5.11. The van der Waals surface area contributed by atoms with Crippen LogP contribution in [0.4, 0.5) is 0 Å². The highest BCUT2D eigenvalue weighted by Gasteiger charge is 2.13. The van der Waals surface area contributed by atoms with E-state index in [2.05, 4.69) is 15.1 Å². The molecule has 6 heteroatoms. The molecule has 0 aromatic carbocycles. The molecule has 0 saturated carbocycles. The summed E-state index contributed by atoms with van der Waals surface area (Å²) in [7, 11) is 1.50. The first kappa shape index (κ1) is 12.0. The van der Waals surface area contributed by atoms with Gasteiger partial charge in [0.25, 0.3) is 0 Å². The molecule has 0 aliphatic carbocycles. The lowest BCUT2D eigenvalue weighted by atomic mass is 10.3. The molecule has 4 nitrogen and oxygen atoms in total. The van der Waals surface area contributed by atoms with E-state index in [4.69, 9.17) is 16.4 Å². The van der Waals surface area contributed by atoms with Crippen LogP contribution in [-0.2, 0) is 4.84 Å². The number of hydrogen-bond donors (Lipinski definition) is 0. The molecular weight excluding hydrogens is 258 g/mol. The number of nitrogens with zero attached hydrogens (tertiary/aromatic N) is 3. The predicted molar refractivity (Wildman–Crippen MR) is 69.6 cm³/mol. The number of aromatic nitrogens is 2. The Labute approximate surface area is 108 Å². The molecule has 88 valence electrons. The third-order valence-corrected chi connectivity index (χ3v) is 3.65. The van der Waals surface area contributed by atoms with Gasteiger partial charge in [0, 0.05) is 18.0 Å². The van der Waals surface area contributed by atoms with Gasteiger partial charge in [0.1, 0.15) is 17.3 Å². The Morgan fingerprint density at radius 3 is 3.00 bits per heavy atom. The van der Waals surface area contributed by atoms with Crippen LogP contribution in [0.15, 0.2) is 29.7 Å². The molecule has 0 fully saturated rings. The van der Waals surface area contributed by atoms with Gasteiger partial charge in [-0.25, -0.2) is 4.98 Å². The zero-order chi connectivity index (χ0) is 12.3. The van der Waals surface area contributed by atoms with Crippen LogP contribution < -0.4 is 0 Å². The van der Waals surface area contributed by atoms with Crippen molar-refractivity contribution in [1.29, 1.82) is 0 Å². The third-order valence-electron chi connectivity index (χ3n) is 2.05. The number of halogens is 1. The van der Waals surface area contributed by atoms with Crippen molar-refractivity contribution in [2.75, 3.05) is 7.11 Å². The van der Waals surface area contributed by atoms with Gasteiger partial charge in [-0.05, 0) is 19.1 Å². The third kappa shape index (κ3) is 2.62. The SMILES string of the molecule is CON=C(C)c1sc(-c2cccnc2)nc1Cl. The normalized spacial score (nSPS) is 11.6. The largest absolute Gasteiger partial charge is 0.399 e. The van der Waals surface area contributed by atoms with Gasteiger partial charge < -0.3 is 4.84 Å². The molecule has 0 spiro atoms. The predicted octanol–water partition coefficient (Wildman–Crippen LogP) is 3.23. The van der Waals surface area contributed by atoms with E-state index in [1.54, 1.807) is 12.4 Å². The zero-order valence-corrected chi connectivity index (χ0v) is 10.9. The minimum absolute atomic E-state index is 0.437. The maximum Gasteiger partial charge on any atom is 0.149 e. The topological polar surface area (TPSA) is 47.4 Å². The van der Waals surface area contributed by atoms with Crippen molar-refractivity contribution in [3.63, 3.8) is 0 Å². The van der Waals surface area contributed by atoms with Crippen LogP contribution in [0.3, 0.4) is 0 Å². The molecule has 17 heavy (non-hydrogen) atoms. The maximum atomic E-state index is 6.07. The Balaban J connectivity index is 2.41. The van der Waals surface area contributed by atoms with Gasteiger partial charge in [-0.15, -0.1) is 11.3 Å². The highest BCUT2D eigenvalue weighted by molar-refractivity contribution is 7.17. The van der Waals surface area contributed by atoms with Crippen LogP contribution in [0.5, 0.6) is 0 Å². The molecule has 2 aromatic heterocycles. The van der Waals surface area contributed by atoms with Gasteiger partial charge >= 0.3 is 0 Å². The van der Waals surface area contributed by atoms with E-state index in [-0.39, 0.29) is 0 Å². The molecule has 2 aromatic rings. The van der Waals surface area contributed by atoms with Gasteiger partial charge in [0.15, 0.2) is 0 Å². The fraction of sp³-hybridized carbons (Fsp3) is 0.182. The van der Waals surface area contributed by atoms with Gasteiger partial charge in [-0.1, -0.05) is 16.8 Å². The molecule has 0 N–H and O–H groups in total. The summed E-state index contributed by atoms with van der Waals surface area (Å²) in [5.41, 5.74) is 1.65. The second-order valence-electron chi connectivity index (χ2n) is 3.24. The Bertz CT molecular complexity index is 539. The molecular formula is C11H10ClN3OS. The smallest absolute Gasteiger partial charge is 0.149 e. The summed E-state index contributed by atoms with van der Waals surface area (Å²) in [6.45, 7) is 1.83. The molecule has 0 aliphatic heterocycles. The van der Waals surface area contributed by atoms with Gasteiger partial charge in [-0.2, -0.15) is 0 Å². The van der Waals surface area contributed by atoms with Crippen LogP contribution in [0.1, 0.15) is 11.8 Å². The number of oxime groups is 1. The monoisotopic (exact) mass is 267 g/mol. The van der Waals surface area contributed by atoms with Crippen LogP contribution in [0.2, 0.25) is 5.15 Å². The number of thiazole rings is 1. The lowest BCUT2D eigenvalue weighted by Gasteiger charge is -1.94. The van der Waals surface area contributed by atoms with Crippen molar-refractivity contribution in [1.82, 2.24) is 9.97 Å². The molecule has 2 heterocycles. The first-order chi connectivity index (χ1) is 8.22. The lowest BCUT2D eigenvalue weighted by molar-refractivity contribution is 0.213. The second-order valence-corrected chi connectivity index (χ2v) is 4.60. The van der Waals surface area contributed by atoms with E-state index in [0.717, 1.165) is 15.4 Å². The fourth-order valence-corrected chi connectivity index (χ4v) is 2.59. The van der Waals surface area contributed by atoms with E-state index >= 15 is 0 Å². The van der Waals surface area contributed by atoms with E-state index in [0.29, 0.717) is 10.9 Å². The molecule has 0 atom stereocenters. The fourth-order valence-electron chi connectivity index (χ4n) is 1.32. The summed E-state index contributed by atoms with van der Waals surface area (Å²) in [6, 6.07) is 3.80. The summed E-state index contributed by atoms with van der Waals surface area (Å²) in [4.78, 5) is 13.9. The molecule has 0 unspecified atom stereocenters. The van der Waals surface area contributed by atoms with E-state index in [1.165, 1.54) is 18.4 Å². The van der Waals surface area contributed by atoms with E-state index < -0.39 is 0 Å². The zero-order valence-electron chi connectivity index (χ0n) is 9.35. The van der Waals surface area contributed by atoms with Crippen LogP contribution >= 0.6 is 22.9 Å². The summed E-state index contributed by atoms with van der Waals surface area (Å²) in [5.74, 6) is 0. The van der Waals surface area contributed by atoms with Crippen molar-refractivity contribution in [3.05, 3.63) is 34.6 Å². The van der Waals surface area contributed by atoms with Crippen molar-refractivity contribution in [2.24, 2.45) is 5.16 Å². The van der Waals surface area contributed by atoms with Crippen molar-refractivity contribution in [3.8, 4) is 10.6 Å². The molecule has 0 bridgehead atoms. The first-order valence-electron chi connectivity index (χ1n) is 4.87. The number of rotatable bonds is 3. The minimum Gasteiger partial charge on any atom is -0.399 e. The summed E-state index contributed by atoms with van der Waals surface area (Å²) in [6.07, 6.45) is 3.47. The number of pyridine rings is 1. The highest BCUT2D eigenvalue weighted by atomic mass is 35.5. The quantitative estimate of drug-likeness (QED) is 0.634. The van der Waals surface area contributed by atoms with Crippen LogP contribution in [0.25, 0.3) is 10.6 Å². The Morgan fingerprint density at radius 2 is 2.35 bits per heavy atom. The molecule has 0 radical (unpaired) electrons. The first-order valence-corrected chi connectivity index (χ1v) is 6.06. The van der Waals surface area contributed by atoms with Gasteiger partial charge in [0.2, 0.25) is 0 Å². The molecule has 0 aliphatic rings. The van der Waals surface area contributed by atoms with Crippen LogP contribution in [-0.4, -0.2) is 22.8 Å². The second kappa shape index (κ2) is 5.25. The Morgan fingerprint density at radius 1 is 1.53 bits per heavy atom. The van der Waals surface area contributed by atoms with Gasteiger partial charge in [-0.3, -0.25) is 4.98 Å². The van der Waals surface area contributed by atoms with Crippen molar-refractivity contribution >= 4 is 28.6 Å². The Kier molecular flexibility index (Phi) is 3.71. The maximum absolute atomic E-state index is 6.07. The molecule has 0 saturated heterocycles. The lowest BCUT2D eigenvalue weighted by Crippen LogP contribution is -1.91. The van der Waals surface area contributed by atoms with Gasteiger partial charge in [0.05, 0.1) is 10.6 Å². The summed E-state index contributed by atoms with van der Waals surface area (Å²) >= 11 is 7.53. The molecule has 2 rings (SSSR count).